The highest BCUT2D eigenvalue weighted by molar-refractivity contribution is 7.11. The number of hydrogen-bond acceptors (Lipinski definition) is 5. The van der Waals surface area contributed by atoms with Crippen LogP contribution in [0.5, 0.6) is 5.75 Å². The van der Waals surface area contributed by atoms with Crippen LogP contribution in [0.2, 0.25) is 0 Å². The maximum atomic E-state index is 13.7. The summed E-state index contributed by atoms with van der Waals surface area (Å²) in [6, 6.07) is 19.0. The summed E-state index contributed by atoms with van der Waals surface area (Å²) in [5.41, 5.74) is 3.70. The zero-order valence-electron chi connectivity index (χ0n) is 17.2. The average molecular weight is 431 g/mol. The Balaban J connectivity index is 1.61. The van der Waals surface area contributed by atoms with E-state index in [1.807, 2.05) is 47.5 Å². The molecule has 3 aromatic rings. The Morgan fingerprint density at radius 1 is 0.968 bits per heavy atom. The number of imide groups is 1. The zero-order chi connectivity index (χ0) is 21.4. The van der Waals surface area contributed by atoms with Gasteiger partial charge in [-0.25, -0.2) is 4.90 Å². The fourth-order valence-corrected chi connectivity index (χ4v) is 5.03. The van der Waals surface area contributed by atoms with Crippen molar-refractivity contribution in [1.82, 2.24) is 0 Å². The minimum Gasteiger partial charge on any atom is -0.494 e. The number of aryl methyl sites for hydroxylation is 1. The first-order chi connectivity index (χ1) is 15.2. The minimum atomic E-state index is -0.283. The summed E-state index contributed by atoms with van der Waals surface area (Å²) in [5, 5.41) is 1.93. The summed E-state index contributed by atoms with van der Waals surface area (Å²) >= 11 is 1.48. The lowest BCUT2D eigenvalue weighted by molar-refractivity contribution is -0.120. The molecule has 31 heavy (non-hydrogen) atoms. The fourth-order valence-electron chi connectivity index (χ4n) is 4.27. The lowest BCUT2D eigenvalue weighted by Crippen LogP contribution is -2.37. The summed E-state index contributed by atoms with van der Waals surface area (Å²) in [7, 11) is 0. The van der Waals surface area contributed by atoms with E-state index >= 15 is 0 Å². The second kappa shape index (κ2) is 8.04. The molecule has 2 amide bonds. The molecule has 5 nitrogen and oxygen atoms in total. The molecule has 156 valence electrons. The summed E-state index contributed by atoms with van der Waals surface area (Å²) < 4.78 is 5.51. The average Bonchev–Trinajstić information content (AvgIpc) is 3.40. The Labute approximate surface area is 185 Å². The number of carbonyl (C=O) groups is 2. The van der Waals surface area contributed by atoms with E-state index in [-0.39, 0.29) is 11.8 Å². The largest absolute Gasteiger partial charge is 0.494 e. The van der Waals surface area contributed by atoms with Crippen molar-refractivity contribution in [1.29, 1.82) is 0 Å². The number of para-hydroxylation sites is 1. The van der Waals surface area contributed by atoms with Gasteiger partial charge in [-0.2, -0.15) is 0 Å². The van der Waals surface area contributed by atoms with Gasteiger partial charge >= 0.3 is 0 Å². The number of thiophene rings is 1. The lowest BCUT2D eigenvalue weighted by Gasteiger charge is -2.32. The molecule has 0 bridgehead atoms. The molecule has 6 heteroatoms. The molecule has 0 saturated carbocycles. The van der Waals surface area contributed by atoms with Crippen molar-refractivity contribution in [3.8, 4) is 5.75 Å². The van der Waals surface area contributed by atoms with Crippen molar-refractivity contribution < 1.29 is 14.3 Å². The molecule has 0 N–H and O–H groups in total. The number of nitrogens with zero attached hydrogens (tertiary/aromatic N) is 2. The molecule has 0 aliphatic carbocycles. The maximum Gasteiger partial charge on any atom is 0.282 e. The second-order valence-electron chi connectivity index (χ2n) is 7.46. The Morgan fingerprint density at radius 3 is 2.52 bits per heavy atom. The van der Waals surface area contributed by atoms with Gasteiger partial charge in [0.1, 0.15) is 11.4 Å². The number of ether oxygens (including phenoxy) is 1. The Kier molecular flexibility index (Phi) is 5.08. The molecule has 0 fully saturated rings. The SMILES string of the molecule is CCOc1ccc(N2C(=O)C(c3cccs3)=C(N3CCCc4ccccc43)C2=O)cc1. The standard InChI is InChI=1S/C25H22N2O3S/c1-2-30-19-13-11-18(12-14-19)27-24(28)22(21-10-6-16-31-21)23(25(27)29)26-15-5-8-17-7-3-4-9-20(17)26/h3-4,6-7,9-14,16H,2,5,8,15H2,1H3. The van der Waals surface area contributed by atoms with Gasteiger partial charge in [0.05, 0.1) is 17.9 Å². The van der Waals surface area contributed by atoms with Crippen LogP contribution in [0.3, 0.4) is 0 Å². The summed E-state index contributed by atoms with van der Waals surface area (Å²) in [5.74, 6) is 0.144. The zero-order valence-corrected chi connectivity index (χ0v) is 18.0. The van der Waals surface area contributed by atoms with Crippen LogP contribution in [0.25, 0.3) is 5.57 Å². The molecular formula is C25H22N2O3S. The van der Waals surface area contributed by atoms with E-state index in [1.54, 1.807) is 24.3 Å². The molecule has 0 saturated heterocycles. The third-order valence-electron chi connectivity index (χ3n) is 5.61. The van der Waals surface area contributed by atoms with Crippen molar-refractivity contribution >= 4 is 40.1 Å². The number of anilines is 2. The molecule has 0 unspecified atom stereocenters. The van der Waals surface area contributed by atoms with Gasteiger partial charge in [-0.05, 0) is 67.1 Å². The predicted octanol–water partition coefficient (Wildman–Crippen LogP) is 4.88. The molecular weight excluding hydrogens is 408 g/mol. The topological polar surface area (TPSA) is 49.9 Å². The summed E-state index contributed by atoms with van der Waals surface area (Å²) in [4.78, 5) is 31.4. The van der Waals surface area contributed by atoms with Gasteiger partial charge in [-0.15, -0.1) is 11.3 Å². The van der Waals surface area contributed by atoms with Gasteiger partial charge in [0, 0.05) is 17.1 Å². The normalized spacial score (nSPS) is 16.2. The van der Waals surface area contributed by atoms with Crippen molar-refractivity contribution in [2.24, 2.45) is 0 Å². The third-order valence-corrected chi connectivity index (χ3v) is 6.50. The first-order valence-electron chi connectivity index (χ1n) is 10.4. The molecule has 0 radical (unpaired) electrons. The third kappa shape index (κ3) is 3.33. The molecule has 2 aromatic carbocycles. The van der Waals surface area contributed by atoms with E-state index in [1.165, 1.54) is 21.8 Å². The highest BCUT2D eigenvalue weighted by atomic mass is 32.1. The monoisotopic (exact) mass is 430 g/mol. The molecule has 2 aliphatic rings. The van der Waals surface area contributed by atoms with E-state index in [0.717, 1.165) is 23.4 Å². The lowest BCUT2D eigenvalue weighted by atomic mass is 10.00. The Bertz CT molecular complexity index is 1170. The summed E-state index contributed by atoms with van der Waals surface area (Å²) in [6.07, 6.45) is 1.90. The van der Waals surface area contributed by atoms with Crippen molar-refractivity contribution in [3.63, 3.8) is 0 Å². The maximum absolute atomic E-state index is 13.7. The van der Waals surface area contributed by atoms with Gasteiger partial charge in [-0.3, -0.25) is 9.59 Å². The van der Waals surface area contributed by atoms with Crippen LogP contribution in [0.1, 0.15) is 23.8 Å². The van der Waals surface area contributed by atoms with Crippen LogP contribution in [-0.4, -0.2) is 25.0 Å². The van der Waals surface area contributed by atoms with E-state index in [0.29, 0.717) is 35.9 Å². The summed E-state index contributed by atoms with van der Waals surface area (Å²) in [6.45, 7) is 3.18. The number of carbonyl (C=O) groups excluding carboxylic acids is 2. The van der Waals surface area contributed by atoms with Gasteiger partial charge in [-0.1, -0.05) is 24.3 Å². The quantitative estimate of drug-likeness (QED) is 0.541. The van der Waals surface area contributed by atoms with Crippen LogP contribution in [-0.2, 0) is 16.0 Å². The van der Waals surface area contributed by atoms with Gasteiger partial charge in [0.25, 0.3) is 11.8 Å². The Hall–Kier alpha value is -3.38. The van der Waals surface area contributed by atoms with E-state index in [4.69, 9.17) is 4.74 Å². The molecule has 1 aromatic heterocycles. The molecule has 0 spiro atoms. The van der Waals surface area contributed by atoms with E-state index < -0.39 is 0 Å². The number of fused-ring (bicyclic) bond motifs is 1. The van der Waals surface area contributed by atoms with Crippen molar-refractivity contribution in [3.05, 3.63) is 82.2 Å². The number of amides is 2. The molecule has 5 rings (SSSR count). The Morgan fingerprint density at radius 2 is 1.77 bits per heavy atom. The number of hydrogen-bond donors (Lipinski definition) is 0. The minimum absolute atomic E-state index is 0.283. The van der Waals surface area contributed by atoms with Crippen LogP contribution in [0, 0.1) is 0 Å². The van der Waals surface area contributed by atoms with Crippen LogP contribution in [0.15, 0.2) is 71.7 Å². The number of benzene rings is 2. The molecule has 0 atom stereocenters. The van der Waals surface area contributed by atoms with Crippen molar-refractivity contribution in [2.45, 2.75) is 19.8 Å². The van der Waals surface area contributed by atoms with Crippen LogP contribution < -0.4 is 14.5 Å². The van der Waals surface area contributed by atoms with Crippen LogP contribution >= 0.6 is 11.3 Å². The first kappa shape index (κ1) is 19.6. The van der Waals surface area contributed by atoms with Gasteiger partial charge < -0.3 is 9.64 Å². The molecule has 2 aliphatic heterocycles. The van der Waals surface area contributed by atoms with E-state index in [9.17, 15) is 9.59 Å². The smallest absolute Gasteiger partial charge is 0.282 e. The highest BCUT2D eigenvalue weighted by Crippen LogP contribution is 2.40. The second-order valence-corrected chi connectivity index (χ2v) is 8.41. The number of rotatable bonds is 5. The molecule has 3 heterocycles. The van der Waals surface area contributed by atoms with E-state index in [2.05, 4.69) is 6.07 Å². The fraction of sp³-hybridized carbons (Fsp3) is 0.200. The first-order valence-corrected chi connectivity index (χ1v) is 11.3. The van der Waals surface area contributed by atoms with Crippen molar-refractivity contribution in [2.75, 3.05) is 23.0 Å². The van der Waals surface area contributed by atoms with Gasteiger partial charge in [0.2, 0.25) is 0 Å². The highest BCUT2D eigenvalue weighted by Gasteiger charge is 2.43. The van der Waals surface area contributed by atoms with Crippen LogP contribution in [0.4, 0.5) is 11.4 Å². The van der Waals surface area contributed by atoms with Gasteiger partial charge in [0.15, 0.2) is 0 Å². The predicted molar refractivity (Wildman–Crippen MR) is 123 cm³/mol.